The highest BCUT2D eigenvalue weighted by Crippen LogP contribution is 2.35. The minimum absolute atomic E-state index is 0.0197. The highest BCUT2D eigenvalue weighted by Gasteiger charge is 2.47. The summed E-state index contributed by atoms with van der Waals surface area (Å²) in [5.41, 5.74) is 1.55. The average Bonchev–Trinajstić information content (AvgIpc) is 2.83. The second-order valence-electron chi connectivity index (χ2n) is 7.50. The third-order valence-electron chi connectivity index (χ3n) is 5.72. The van der Waals surface area contributed by atoms with Gasteiger partial charge in [0, 0.05) is 36.8 Å². The molecule has 0 bridgehead atoms. The molecule has 7 heteroatoms. The fraction of sp³-hybridized carbons (Fsp3) is 0.381. The van der Waals surface area contributed by atoms with Crippen LogP contribution in [0.15, 0.2) is 54.6 Å². The fourth-order valence-corrected chi connectivity index (χ4v) is 6.69. The number of hydrogen-bond donors (Lipinski definition) is 0. The molecule has 0 aromatic heterocycles. The third kappa shape index (κ3) is 3.81. The Kier molecular flexibility index (Phi) is 5.45. The van der Waals surface area contributed by atoms with Gasteiger partial charge in [-0.15, -0.1) is 0 Å². The first-order chi connectivity index (χ1) is 13.4. The molecule has 0 unspecified atom stereocenters. The van der Waals surface area contributed by atoms with E-state index in [0.717, 1.165) is 5.56 Å². The normalized spacial score (nSPS) is 24.5. The van der Waals surface area contributed by atoms with Crippen molar-refractivity contribution >= 4 is 27.5 Å². The van der Waals surface area contributed by atoms with Gasteiger partial charge in [-0.1, -0.05) is 41.9 Å². The molecule has 1 amide bonds. The van der Waals surface area contributed by atoms with E-state index in [0.29, 0.717) is 49.6 Å². The van der Waals surface area contributed by atoms with Gasteiger partial charge in [0.15, 0.2) is 0 Å². The summed E-state index contributed by atoms with van der Waals surface area (Å²) in [6.45, 7) is 1.92. The molecular weight excluding hydrogens is 396 g/mol. The summed E-state index contributed by atoms with van der Waals surface area (Å²) >= 11 is 6.04. The summed E-state index contributed by atoms with van der Waals surface area (Å²) in [7, 11) is -3.38. The Morgan fingerprint density at radius 3 is 2.54 bits per heavy atom. The highest BCUT2D eigenvalue weighted by molar-refractivity contribution is 7.90. The Morgan fingerprint density at radius 2 is 1.79 bits per heavy atom. The van der Waals surface area contributed by atoms with E-state index < -0.39 is 15.3 Å². The van der Waals surface area contributed by atoms with E-state index in [4.69, 9.17) is 11.6 Å². The third-order valence-corrected chi connectivity index (χ3v) is 8.33. The van der Waals surface area contributed by atoms with Gasteiger partial charge in [0.05, 0.1) is 5.25 Å². The van der Waals surface area contributed by atoms with Crippen molar-refractivity contribution in [1.82, 2.24) is 9.21 Å². The van der Waals surface area contributed by atoms with Crippen LogP contribution in [-0.4, -0.2) is 48.4 Å². The monoisotopic (exact) mass is 418 g/mol. The molecular formula is C21H23ClN2O3S. The van der Waals surface area contributed by atoms with Gasteiger partial charge in [-0.3, -0.25) is 4.79 Å². The zero-order chi connectivity index (χ0) is 19.7. The van der Waals surface area contributed by atoms with Gasteiger partial charge in [-0.2, -0.15) is 4.31 Å². The standard InChI is InChI=1S/C21H23ClN2O3S/c22-19-8-4-5-16(13-19)14-24-15-18-9-11-23(12-10-20(18)28(24,26)27)21(25)17-6-2-1-3-7-17/h1-8,13,18,20H,9-12,14-15H2/t18-,20-/m1/s1. The Labute approximate surface area is 171 Å². The van der Waals surface area contributed by atoms with E-state index in [1.807, 2.05) is 36.4 Å². The maximum Gasteiger partial charge on any atom is 0.253 e. The van der Waals surface area contributed by atoms with E-state index in [1.165, 1.54) is 0 Å². The number of benzene rings is 2. The summed E-state index contributed by atoms with van der Waals surface area (Å²) in [4.78, 5) is 14.5. The van der Waals surface area contributed by atoms with Crippen LogP contribution in [0.25, 0.3) is 0 Å². The molecule has 2 fully saturated rings. The van der Waals surface area contributed by atoms with Crippen LogP contribution in [0.3, 0.4) is 0 Å². The second kappa shape index (κ2) is 7.85. The van der Waals surface area contributed by atoms with Crippen LogP contribution < -0.4 is 0 Å². The van der Waals surface area contributed by atoms with Crippen molar-refractivity contribution in [3.05, 3.63) is 70.7 Å². The lowest BCUT2D eigenvalue weighted by Crippen LogP contribution is -2.34. The number of fused-ring (bicyclic) bond motifs is 1. The summed E-state index contributed by atoms with van der Waals surface area (Å²) < 4.78 is 27.8. The molecule has 2 aliphatic rings. The predicted molar refractivity (Wildman–Crippen MR) is 110 cm³/mol. The molecule has 4 rings (SSSR count). The quantitative estimate of drug-likeness (QED) is 0.767. The van der Waals surface area contributed by atoms with Crippen molar-refractivity contribution in [3.63, 3.8) is 0 Å². The smallest absolute Gasteiger partial charge is 0.253 e. The number of carbonyl (C=O) groups excluding carboxylic acids is 1. The van der Waals surface area contributed by atoms with E-state index in [1.54, 1.807) is 27.4 Å². The van der Waals surface area contributed by atoms with E-state index in [2.05, 4.69) is 0 Å². The maximum atomic E-state index is 13.1. The largest absolute Gasteiger partial charge is 0.339 e. The summed E-state index contributed by atoms with van der Waals surface area (Å²) in [6, 6.07) is 16.5. The van der Waals surface area contributed by atoms with Crippen LogP contribution in [-0.2, 0) is 16.6 Å². The van der Waals surface area contributed by atoms with E-state index in [9.17, 15) is 13.2 Å². The van der Waals surface area contributed by atoms with Gasteiger partial charge in [-0.25, -0.2) is 8.42 Å². The molecule has 2 saturated heterocycles. The number of hydrogen-bond acceptors (Lipinski definition) is 3. The number of sulfonamides is 1. The van der Waals surface area contributed by atoms with Crippen molar-refractivity contribution in [2.45, 2.75) is 24.6 Å². The molecule has 28 heavy (non-hydrogen) atoms. The van der Waals surface area contributed by atoms with Crippen molar-refractivity contribution < 1.29 is 13.2 Å². The van der Waals surface area contributed by atoms with Crippen LogP contribution in [0, 0.1) is 5.92 Å². The van der Waals surface area contributed by atoms with Crippen molar-refractivity contribution in [2.75, 3.05) is 19.6 Å². The second-order valence-corrected chi connectivity index (χ2v) is 10.1. The first-order valence-electron chi connectivity index (χ1n) is 9.53. The molecule has 2 aromatic carbocycles. The number of rotatable bonds is 3. The molecule has 2 aliphatic heterocycles. The molecule has 0 radical (unpaired) electrons. The molecule has 2 atom stereocenters. The van der Waals surface area contributed by atoms with E-state index in [-0.39, 0.29) is 11.8 Å². The lowest BCUT2D eigenvalue weighted by Gasteiger charge is -2.22. The SMILES string of the molecule is O=C(c1ccccc1)N1CC[C@@H]2CN(Cc3cccc(Cl)c3)S(=O)(=O)[C@@H]2CC1. The maximum absolute atomic E-state index is 13.1. The molecule has 0 N–H and O–H groups in total. The molecule has 2 heterocycles. The van der Waals surface area contributed by atoms with Crippen molar-refractivity contribution in [3.8, 4) is 0 Å². The number of carbonyl (C=O) groups is 1. The van der Waals surface area contributed by atoms with Gasteiger partial charge in [0.1, 0.15) is 0 Å². The molecule has 5 nitrogen and oxygen atoms in total. The number of halogens is 1. The number of likely N-dealkylation sites (tertiary alicyclic amines) is 1. The first-order valence-corrected chi connectivity index (χ1v) is 11.4. The zero-order valence-electron chi connectivity index (χ0n) is 15.5. The summed E-state index contributed by atoms with van der Waals surface area (Å²) in [5.74, 6) is 0.0338. The highest BCUT2D eigenvalue weighted by atomic mass is 35.5. The van der Waals surface area contributed by atoms with Gasteiger partial charge in [0.25, 0.3) is 5.91 Å². The Balaban J connectivity index is 1.46. The summed E-state index contributed by atoms with van der Waals surface area (Å²) in [5, 5.41) is 0.193. The lowest BCUT2D eigenvalue weighted by atomic mass is 10.0. The van der Waals surface area contributed by atoms with Crippen LogP contribution in [0.2, 0.25) is 5.02 Å². The Bertz CT molecular complexity index is 965. The topological polar surface area (TPSA) is 57.7 Å². The predicted octanol–water partition coefficient (Wildman–Crippen LogP) is 3.41. The van der Waals surface area contributed by atoms with Crippen LogP contribution in [0.1, 0.15) is 28.8 Å². The van der Waals surface area contributed by atoms with Gasteiger partial charge < -0.3 is 4.90 Å². The number of nitrogens with zero attached hydrogens (tertiary/aromatic N) is 2. The minimum Gasteiger partial charge on any atom is -0.339 e. The van der Waals surface area contributed by atoms with Crippen molar-refractivity contribution in [1.29, 1.82) is 0 Å². The van der Waals surface area contributed by atoms with Gasteiger partial charge >= 0.3 is 0 Å². The molecule has 2 aromatic rings. The van der Waals surface area contributed by atoms with Crippen LogP contribution in [0.5, 0.6) is 0 Å². The van der Waals surface area contributed by atoms with Crippen molar-refractivity contribution in [2.24, 2.45) is 5.92 Å². The first kappa shape index (κ1) is 19.4. The van der Waals surface area contributed by atoms with E-state index >= 15 is 0 Å². The van der Waals surface area contributed by atoms with Gasteiger partial charge in [0.2, 0.25) is 10.0 Å². The molecule has 0 aliphatic carbocycles. The molecule has 0 saturated carbocycles. The lowest BCUT2D eigenvalue weighted by molar-refractivity contribution is 0.0759. The van der Waals surface area contributed by atoms with Crippen LogP contribution >= 0.6 is 11.6 Å². The Morgan fingerprint density at radius 1 is 1.04 bits per heavy atom. The fourth-order valence-electron chi connectivity index (χ4n) is 4.26. The molecule has 0 spiro atoms. The summed E-state index contributed by atoms with van der Waals surface area (Å²) in [6.07, 6.45) is 1.19. The zero-order valence-corrected chi connectivity index (χ0v) is 17.1. The Hall–Kier alpha value is -1.89. The average molecular weight is 419 g/mol. The number of amides is 1. The van der Waals surface area contributed by atoms with Gasteiger partial charge in [-0.05, 0) is 48.6 Å². The van der Waals surface area contributed by atoms with Crippen LogP contribution in [0.4, 0.5) is 0 Å². The molecule has 148 valence electrons. The minimum atomic E-state index is -3.38.